The van der Waals surface area contributed by atoms with Gasteiger partial charge in [-0.15, -0.1) is 0 Å². The first-order valence-corrected chi connectivity index (χ1v) is 5.24. The first-order valence-electron chi connectivity index (χ1n) is 5.24. The van der Waals surface area contributed by atoms with Crippen molar-refractivity contribution >= 4 is 5.91 Å². The highest BCUT2D eigenvalue weighted by molar-refractivity contribution is 5.89. The van der Waals surface area contributed by atoms with Gasteiger partial charge in [0.2, 0.25) is 5.91 Å². The third-order valence-corrected chi connectivity index (χ3v) is 3.53. The van der Waals surface area contributed by atoms with Crippen molar-refractivity contribution in [2.24, 2.45) is 11.3 Å². The second-order valence-electron chi connectivity index (χ2n) is 4.54. The van der Waals surface area contributed by atoms with E-state index in [0.29, 0.717) is 18.0 Å². The molecule has 0 radical (unpaired) electrons. The molecule has 0 spiro atoms. The summed E-state index contributed by atoms with van der Waals surface area (Å²) in [6.45, 7) is 0.306. The van der Waals surface area contributed by atoms with Crippen LogP contribution in [0, 0.1) is 17.2 Å². The zero-order chi connectivity index (χ0) is 10.5. The summed E-state index contributed by atoms with van der Waals surface area (Å²) in [5.41, 5.74) is 0.533. The van der Waals surface area contributed by atoms with Gasteiger partial charge in [0.05, 0.1) is 5.41 Å². The molecule has 2 saturated carbocycles. The Labute approximate surface area is 87.5 Å². The van der Waals surface area contributed by atoms with Gasteiger partial charge in [0.25, 0.3) is 0 Å². The summed E-state index contributed by atoms with van der Waals surface area (Å²) in [4.78, 5) is 11.6. The summed E-state index contributed by atoms with van der Waals surface area (Å²) in [6, 6.07) is 6.54. The molecule has 0 bridgehead atoms. The van der Waals surface area contributed by atoms with Crippen LogP contribution in [0.2, 0.25) is 0 Å². The van der Waals surface area contributed by atoms with Gasteiger partial charge in [0.1, 0.15) is 5.82 Å². The van der Waals surface area contributed by atoms with E-state index in [-0.39, 0.29) is 17.1 Å². The minimum Gasteiger partial charge on any atom is -0.351 e. The minimum atomic E-state index is -0.251. The Kier molecular flexibility index (Phi) is 1.67. The average molecular weight is 205 g/mol. The van der Waals surface area contributed by atoms with E-state index >= 15 is 0 Å². The average Bonchev–Trinajstić information content (AvgIpc) is 3.03. The number of amides is 1. The predicted molar refractivity (Wildman–Crippen MR) is 53.4 cm³/mol. The highest BCUT2D eigenvalue weighted by Gasteiger charge is 2.74. The highest BCUT2D eigenvalue weighted by Crippen LogP contribution is 2.75. The van der Waals surface area contributed by atoms with Crippen molar-refractivity contribution in [3.05, 3.63) is 35.6 Å². The molecule has 3 heteroatoms. The molecule has 1 N–H and O–H groups in total. The molecule has 0 unspecified atom stereocenters. The molecule has 1 amide bonds. The van der Waals surface area contributed by atoms with Crippen LogP contribution in [0.5, 0.6) is 0 Å². The molecule has 1 aromatic rings. The van der Waals surface area contributed by atoms with Gasteiger partial charge in [-0.3, -0.25) is 4.79 Å². The third kappa shape index (κ3) is 1.34. The standard InChI is InChI=1S/C12H12FNO/c13-10-4-2-1-3-8(10)7-14-11(15)12-5-9(12)6-12/h1-4,9H,5-7H2,(H,14,15). The van der Waals surface area contributed by atoms with Gasteiger partial charge in [-0.05, 0) is 24.8 Å². The zero-order valence-electron chi connectivity index (χ0n) is 8.29. The van der Waals surface area contributed by atoms with Crippen molar-refractivity contribution in [2.45, 2.75) is 19.4 Å². The number of fused-ring (bicyclic) bond motifs is 1. The Morgan fingerprint density at radius 1 is 1.47 bits per heavy atom. The number of rotatable bonds is 3. The second kappa shape index (κ2) is 2.81. The summed E-state index contributed by atoms with van der Waals surface area (Å²) >= 11 is 0. The first-order chi connectivity index (χ1) is 7.22. The van der Waals surface area contributed by atoms with Gasteiger partial charge in [0, 0.05) is 12.1 Å². The summed E-state index contributed by atoms with van der Waals surface area (Å²) in [5, 5.41) is 2.80. The van der Waals surface area contributed by atoms with Crippen molar-refractivity contribution in [3.63, 3.8) is 0 Å². The summed E-state index contributed by atoms with van der Waals surface area (Å²) in [5.74, 6) is 0.493. The van der Waals surface area contributed by atoms with E-state index < -0.39 is 0 Å². The normalized spacial score (nSPS) is 30.6. The van der Waals surface area contributed by atoms with Gasteiger partial charge in [-0.25, -0.2) is 4.39 Å². The van der Waals surface area contributed by atoms with Crippen molar-refractivity contribution < 1.29 is 9.18 Å². The summed E-state index contributed by atoms with van der Waals surface area (Å²) in [7, 11) is 0. The minimum absolute atomic E-state index is 0.0226. The van der Waals surface area contributed by atoms with Crippen LogP contribution in [0.1, 0.15) is 18.4 Å². The smallest absolute Gasteiger partial charge is 0.226 e. The molecular weight excluding hydrogens is 193 g/mol. The molecule has 0 aliphatic heterocycles. The van der Waals surface area contributed by atoms with Crippen LogP contribution in [0.25, 0.3) is 0 Å². The number of benzene rings is 1. The molecule has 15 heavy (non-hydrogen) atoms. The van der Waals surface area contributed by atoms with Crippen LogP contribution in [0.15, 0.2) is 24.3 Å². The van der Waals surface area contributed by atoms with Crippen LogP contribution in [0.4, 0.5) is 4.39 Å². The molecular formula is C12H12FNO. The van der Waals surface area contributed by atoms with Crippen LogP contribution in [-0.4, -0.2) is 5.91 Å². The van der Waals surface area contributed by atoms with E-state index in [1.54, 1.807) is 18.2 Å². The van der Waals surface area contributed by atoms with Crippen LogP contribution in [-0.2, 0) is 11.3 Å². The van der Waals surface area contributed by atoms with Crippen molar-refractivity contribution in [2.75, 3.05) is 0 Å². The molecule has 2 nitrogen and oxygen atoms in total. The Morgan fingerprint density at radius 2 is 2.13 bits per heavy atom. The molecule has 1 aromatic carbocycles. The van der Waals surface area contributed by atoms with E-state index in [0.717, 1.165) is 12.8 Å². The molecule has 3 rings (SSSR count). The molecule has 0 atom stereocenters. The number of hydrogen-bond donors (Lipinski definition) is 1. The fraction of sp³-hybridized carbons (Fsp3) is 0.417. The van der Waals surface area contributed by atoms with Gasteiger partial charge >= 0.3 is 0 Å². The lowest BCUT2D eigenvalue weighted by atomic mass is 10.2. The molecule has 2 aliphatic carbocycles. The molecule has 0 aromatic heterocycles. The maximum Gasteiger partial charge on any atom is 0.226 e. The van der Waals surface area contributed by atoms with Crippen molar-refractivity contribution in [3.8, 4) is 0 Å². The summed E-state index contributed by atoms with van der Waals surface area (Å²) in [6.07, 6.45) is 2.08. The van der Waals surface area contributed by atoms with E-state index in [1.165, 1.54) is 6.07 Å². The summed E-state index contributed by atoms with van der Waals surface area (Å²) < 4.78 is 13.2. The third-order valence-electron chi connectivity index (χ3n) is 3.53. The van der Waals surface area contributed by atoms with Gasteiger partial charge in [-0.1, -0.05) is 18.2 Å². The van der Waals surface area contributed by atoms with Gasteiger partial charge in [0.15, 0.2) is 0 Å². The number of hydrogen-bond acceptors (Lipinski definition) is 1. The van der Waals surface area contributed by atoms with E-state index in [9.17, 15) is 9.18 Å². The largest absolute Gasteiger partial charge is 0.351 e. The molecule has 0 heterocycles. The molecule has 78 valence electrons. The zero-order valence-corrected chi connectivity index (χ0v) is 8.29. The Balaban J connectivity index is 1.62. The lowest BCUT2D eigenvalue weighted by molar-refractivity contribution is -0.124. The Bertz CT molecular complexity index is 423. The topological polar surface area (TPSA) is 29.1 Å². The first kappa shape index (κ1) is 8.89. The van der Waals surface area contributed by atoms with Crippen molar-refractivity contribution in [1.82, 2.24) is 5.32 Å². The van der Waals surface area contributed by atoms with Crippen LogP contribution >= 0.6 is 0 Å². The lowest BCUT2D eigenvalue weighted by Crippen LogP contribution is -2.27. The molecule has 2 aliphatic rings. The maximum absolute atomic E-state index is 13.2. The van der Waals surface area contributed by atoms with E-state index in [4.69, 9.17) is 0 Å². The van der Waals surface area contributed by atoms with Gasteiger partial charge < -0.3 is 5.32 Å². The van der Waals surface area contributed by atoms with Crippen LogP contribution < -0.4 is 5.32 Å². The molecule has 2 fully saturated rings. The number of carbonyl (C=O) groups excluding carboxylic acids is 1. The quantitative estimate of drug-likeness (QED) is 0.801. The SMILES string of the molecule is O=C(NCc1ccccc1F)C12CC1C2. The number of halogens is 1. The van der Waals surface area contributed by atoms with E-state index in [2.05, 4.69) is 5.32 Å². The predicted octanol–water partition coefficient (Wildman–Crippen LogP) is 1.85. The van der Waals surface area contributed by atoms with Gasteiger partial charge in [-0.2, -0.15) is 0 Å². The Morgan fingerprint density at radius 3 is 2.73 bits per heavy atom. The highest BCUT2D eigenvalue weighted by atomic mass is 19.1. The number of nitrogens with one attached hydrogen (secondary N) is 1. The van der Waals surface area contributed by atoms with E-state index in [1.807, 2.05) is 0 Å². The Hall–Kier alpha value is -1.38. The van der Waals surface area contributed by atoms with Crippen molar-refractivity contribution in [1.29, 1.82) is 0 Å². The van der Waals surface area contributed by atoms with Crippen LogP contribution in [0.3, 0.4) is 0 Å². The molecule has 0 saturated heterocycles. The maximum atomic E-state index is 13.2. The second-order valence-corrected chi connectivity index (χ2v) is 4.54. The lowest BCUT2D eigenvalue weighted by Gasteiger charge is -2.07. The fourth-order valence-corrected chi connectivity index (χ4v) is 2.07. The number of carbonyl (C=O) groups is 1. The fourth-order valence-electron chi connectivity index (χ4n) is 2.07. The monoisotopic (exact) mass is 205 g/mol.